The third kappa shape index (κ3) is 4.15. The van der Waals surface area contributed by atoms with Crippen LogP contribution < -0.4 is 5.32 Å². The van der Waals surface area contributed by atoms with E-state index < -0.39 is 18.1 Å². The van der Waals surface area contributed by atoms with Crippen LogP contribution in [0.1, 0.15) is 50.3 Å². The number of hydrogen-bond donors (Lipinski definition) is 1. The molecular formula is C15H20F5N. The van der Waals surface area contributed by atoms with Crippen LogP contribution in [0.2, 0.25) is 0 Å². The van der Waals surface area contributed by atoms with Crippen molar-refractivity contribution in [1.29, 1.82) is 0 Å². The van der Waals surface area contributed by atoms with Gasteiger partial charge in [0, 0.05) is 0 Å². The second-order valence-corrected chi connectivity index (χ2v) is 5.33. The molecule has 0 aromatic heterocycles. The van der Waals surface area contributed by atoms with Crippen LogP contribution in [0.25, 0.3) is 0 Å². The van der Waals surface area contributed by atoms with Crippen molar-refractivity contribution in [1.82, 2.24) is 5.32 Å². The quantitative estimate of drug-likeness (QED) is 0.725. The molecule has 6 heteroatoms. The standard InChI is InChI=1S/C15H20F5N/c1-4-9-21-13(14(16,17)15(18,19)20)12-7-5-11(6-8-12)10(2)3/h5-8,10,13,21H,4,9H2,1-3H3. The molecule has 0 aliphatic carbocycles. The molecule has 1 aromatic carbocycles. The lowest BCUT2D eigenvalue weighted by Gasteiger charge is -2.30. The Bertz CT molecular complexity index is 436. The molecule has 1 unspecified atom stereocenters. The van der Waals surface area contributed by atoms with Crippen LogP contribution in [0.15, 0.2) is 24.3 Å². The first-order chi connectivity index (χ1) is 9.61. The van der Waals surface area contributed by atoms with Gasteiger partial charge >= 0.3 is 12.1 Å². The molecule has 0 amide bonds. The van der Waals surface area contributed by atoms with E-state index in [4.69, 9.17) is 0 Å². The molecule has 0 heterocycles. The molecule has 21 heavy (non-hydrogen) atoms. The lowest BCUT2D eigenvalue weighted by molar-refractivity contribution is -0.294. The number of halogens is 5. The summed E-state index contributed by atoms with van der Waals surface area (Å²) in [6.07, 6.45) is -5.12. The van der Waals surface area contributed by atoms with Crippen molar-refractivity contribution < 1.29 is 22.0 Å². The van der Waals surface area contributed by atoms with Gasteiger partial charge in [-0.05, 0) is 30.0 Å². The van der Waals surface area contributed by atoms with Crippen LogP contribution in [0, 0.1) is 0 Å². The van der Waals surface area contributed by atoms with Gasteiger partial charge in [0.1, 0.15) is 6.04 Å². The molecule has 1 N–H and O–H groups in total. The molecular weight excluding hydrogens is 289 g/mol. The highest BCUT2D eigenvalue weighted by atomic mass is 19.4. The molecule has 0 saturated carbocycles. The van der Waals surface area contributed by atoms with Crippen molar-refractivity contribution in [2.24, 2.45) is 0 Å². The zero-order chi connectivity index (χ0) is 16.3. The maximum atomic E-state index is 13.7. The fourth-order valence-electron chi connectivity index (χ4n) is 1.98. The largest absolute Gasteiger partial charge is 0.455 e. The lowest BCUT2D eigenvalue weighted by Crippen LogP contribution is -2.48. The smallest absolute Gasteiger partial charge is 0.305 e. The highest BCUT2D eigenvalue weighted by molar-refractivity contribution is 5.28. The van der Waals surface area contributed by atoms with Crippen LogP contribution in [0.4, 0.5) is 22.0 Å². The second-order valence-electron chi connectivity index (χ2n) is 5.33. The van der Waals surface area contributed by atoms with Crippen LogP contribution >= 0.6 is 0 Å². The molecule has 0 saturated heterocycles. The maximum absolute atomic E-state index is 13.7. The first-order valence-corrected chi connectivity index (χ1v) is 6.89. The third-order valence-corrected chi connectivity index (χ3v) is 3.28. The highest BCUT2D eigenvalue weighted by Gasteiger charge is 2.62. The van der Waals surface area contributed by atoms with Crippen LogP contribution in [-0.4, -0.2) is 18.6 Å². The molecule has 0 radical (unpaired) electrons. The number of nitrogens with one attached hydrogen (secondary N) is 1. The van der Waals surface area contributed by atoms with E-state index in [0.717, 1.165) is 5.56 Å². The lowest BCUT2D eigenvalue weighted by atomic mass is 9.95. The predicted octanol–water partition coefficient (Wildman–Crippen LogP) is 5.05. The molecule has 1 atom stereocenters. The average Bonchev–Trinajstić information content (AvgIpc) is 2.38. The van der Waals surface area contributed by atoms with Crippen molar-refractivity contribution in [3.05, 3.63) is 35.4 Å². The first-order valence-electron chi connectivity index (χ1n) is 6.89. The second kappa shape index (κ2) is 6.73. The van der Waals surface area contributed by atoms with Crippen LogP contribution in [0.3, 0.4) is 0 Å². The Hall–Kier alpha value is -1.17. The molecule has 0 bridgehead atoms. The van der Waals surface area contributed by atoms with E-state index in [1.165, 1.54) is 12.1 Å². The Morgan fingerprint density at radius 1 is 0.952 bits per heavy atom. The van der Waals surface area contributed by atoms with Crippen molar-refractivity contribution >= 4 is 0 Å². The summed E-state index contributed by atoms with van der Waals surface area (Å²) in [6, 6.07) is 3.78. The van der Waals surface area contributed by atoms with Gasteiger partial charge in [-0.25, -0.2) is 0 Å². The Morgan fingerprint density at radius 2 is 1.43 bits per heavy atom. The molecule has 0 fully saturated rings. The van der Waals surface area contributed by atoms with Crippen LogP contribution in [-0.2, 0) is 0 Å². The summed E-state index contributed by atoms with van der Waals surface area (Å²) in [6.45, 7) is 5.64. The summed E-state index contributed by atoms with van der Waals surface area (Å²) < 4.78 is 65.2. The van der Waals surface area contributed by atoms with Crippen LogP contribution in [0.5, 0.6) is 0 Å². The first kappa shape index (κ1) is 17.9. The SMILES string of the molecule is CCCNC(c1ccc(C(C)C)cc1)C(F)(F)C(F)(F)F. The minimum Gasteiger partial charge on any atom is -0.305 e. The minimum atomic E-state index is -5.59. The van der Waals surface area contributed by atoms with Gasteiger partial charge in [-0.2, -0.15) is 22.0 Å². The van der Waals surface area contributed by atoms with E-state index >= 15 is 0 Å². The number of alkyl halides is 5. The van der Waals surface area contributed by atoms with Gasteiger partial charge < -0.3 is 5.32 Å². The van der Waals surface area contributed by atoms with Gasteiger partial charge in [-0.15, -0.1) is 0 Å². The summed E-state index contributed by atoms with van der Waals surface area (Å²) in [5, 5.41) is 2.31. The topological polar surface area (TPSA) is 12.0 Å². The Morgan fingerprint density at radius 3 is 1.81 bits per heavy atom. The van der Waals surface area contributed by atoms with Crippen molar-refractivity contribution in [2.75, 3.05) is 6.54 Å². The van der Waals surface area contributed by atoms with Gasteiger partial charge in [0.05, 0.1) is 0 Å². The fraction of sp³-hybridized carbons (Fsp3) is 0.600. The Balaban J connectivity index is 3.13. The van der Waals surface area contributed by atoms with E-state index in [1.54, 1.807) is 19.1 Å². The summed E-state index contributed by atoms with van der Waals surface area (Å²) in [5.74, 6) is -4.63. The van der Waals surface area contributed by atoms with Crippen molar-refractivity contribution in [3.63, 3.8) is 0 Å². The number of benzene rings is 1. The summed E-state index contributed by atoms with van der Waals surface area (Å²) in [5.41, 5.74) is 0.832. The molecule has 1 rings (SSSR count). The summed E-state index contributed by atoms with van der Waals surface area (Å²) >= 11 is 0. The van der Waals surface area contributed by atoms with Gasteiger partial charge in [-0.3, -0.25) is 0 Å². The Kier molecular flexibility index (Phi) is 5.73. The molecule has 0 spiro atoms. The highest BCUT2D eigenvalue weighted by Crippen LogP contribution is 2.44. The van der Waals surface area contributed by atoms with Crippen molar-refractivity contribution in [2.45, 2.75) is 51.3 Å². The van der Waals surface area contributed by atoms with E-state index in [2.05, 4.69) is 5.32 Å². The molecule has 1 aromatic rings. The summed E-state index contributed by atoms with van der Waals surface area (Å²) in [7, 11) is 0. The van der Waals surface area contributed by atoms with Gasteiger partial charge in [0.15, 0.2) is 0 Å². The fourth-order valence-corrected chi connectivity index (χ4v) is 1.98. The monoisotopic (exact) mass is 309 g/mol. The van der Waals surface area contributed by atoms with Gasteiger partial charge in [0.25, 0.3) is 0 Å². The van der Waals surface area contributed by atoms with Gasteiger partial charge in [-0.1, -0.05) is 45.0 Å². The summed E-state index contributed by atoms with van der Waals surface area (Å²) in [4.78, 5) is 0. The zero-order valence-electron chi connectivity index (χ0n) is 12.3. The third-order valence-electron chi connectivity index (χ3n) is 3.28. The van der Waals surface area contributed by atoms with E-state index in [9.17, 15) is 22.0 Å². The average molecular weight is 309 g/mol. The maximum Gasteiger partial charge on any atom is 0.455 e. The Labute approximate surface area is 121 Å². The number of hydrogen-bond acceptors (Lipinski definition) is 1. The molecule has 1 nitrogen and oxygen atoms in total. The molecule has 0 aliphatic rings. The zero-order valence-corrected chi connectivity index (χ0v) is 12.3. The van der Waals surface area contributed by atoms with Crippen molar-refractivity contribution in [3.8, 4) is 0 Å². The molecule has 120 valence electrons. The minimum absolute atomic E-state index is 0.0600. The van der Waals surface area contributed by atoms with E-state index in [1.807, 2.05) is 13.8 Å². The molecule has 0 aliphatic heterocycles. The van der Waals surface area contributed by atoms with E-state index in [0.29, 0.717) is 6.42 Å². The van der Waals surface area contributed by atoms with E-state index in [-0.39, 0.29) is 18.0 Å². The normalized spacial score (nSPS) is 14.5. The van der Waals surface area contributed by atoms with Gasteiger partial charge in [0.2, 0.25) is 0 Å². The number of rotatable bonds is 6. The predicted molar refractivity (Wildman–Crippen MR) is 72.6 cm³/mol.